The van der Waals surface area contributed by atoms with Crippen LogP contribution in [-0.2, 0) is 6.42 Å². The SMILES string of the molecule is CC1CCCN1CCc1nc(C(=O)O)cs1. The number of nitrogens with zero attached hydrogens (tertiary/aromatic N) is 2. The molecule has 0 saturated carbocycles. The number of aromatic carboxylic acids is 1. The van der Waals surface area contributed by atoms with Crippen molar-refractivity contribution in [3.63, 3.8) is 0 Å². The molecule has 0 amide bonds. The molecule has 0 spiro atoms. The molecule has 1 atom stereocenters. The zero-order valence-corrected chi connectivity index (χ0v) is 10.2. The van der Waals surface area contributed by atoms with Crippen LogP contribution in [0.2, 0.25) is 0 Å². The van der Waals surface area contributed by atoms with Crippen molar-refractivity contribution < 1.29 is 9.90 Å². The van der Waals surface area contributed by atoms with Gasteiger partial charge < -0.3 is 10.0 Å². The fourth-order valence-electron chi connectivity index (χ4n) is 2.09. The Hall–Kier alpha value is -0.940. The van der Waals surface area contributed by atoms with Crippen LogP contribution in [0.15, 0.2) is 5.38 Å². The van der Waals surface area contributed by atoms with Gasteiger partial charge in [-0.05, 0) is 26.3 Å². The Balaban J connectivity index is 1.87. The van der Waals surface area contributed by atoms with Crippen molar-refractivity contribution in [3.8, 4) is 0 Å². The van der Waals surface area contributed by atoms with E-state index in [-0.39, 0.29) is 5.69 Å². The molecule has 1 saturated heterocycles. The topological polar surface area (TPSA) is 53.4 Å². The number of rotatable bonds is 4. The first kappa shape index (κ1) is 11.5. The van der Waals surface area contributed by atoms with E-state index in [1.165, 1.54) is 30.7 Å². The Morgan fingerprint density at radius 2 is 2.56 bits per heavy atom. The summed E-state index contributed by atoms with van der Waals surface area (Å²) in [5.74, 6) is -0.933. The Morgan fingerprint density at radius 1 is 1.75 bits per heavy atom. The van der Waals surface area contributed by atoms with Crippen molar-refractivity contribution in [2.45, 2.75) is 32.2 Å². The lowest BCUT2D eigenvalue weighted by atomic mass is 10.2. The molecule has 0 aliphatic carbocycles. The molecule has 5 heteroatoms. The summed E-state index contributed by atoms with van der Waals surface area (Å²) in [6.45, 7) is 4.41. The molecule has 1 aliphatic rings. The van der Waals surface area contributed by atoms with E-state index in [0.717, 1.165) is 18.0 Å². The molecule has 0 bridgehead atoms. The molecule has 16 heavy (non-hydrogen) atoms. The lowest BCUT2D eigenvalue weighted by Gasteiger charge is -2.19. The monoisotopic (exact) mass is 240 g/mol. The van der Waals surface area contributed by atoms with Gasteiger partial charge in [0.2, 0.25) is 0 Å². The van der Waals surface area contributed by atoms with E-state index in [2.05, 4.69) is 16.8 Å². The summed E-state index contributed by atoms with van der Waals surface area (Å²) in [6.07, 6.45) is 3.42. The predicted octanol–water partition coefficient (Wildman–Crippen LogP) is 1.87. The van der Waals surface area contributed by atoms with Gasteiger partial charge in [-0.3, -0.25) is 0 Å². The standard InChI is InChI=1S/C11H16N2O2S/c1-8-3-2-5-13(8)6-4-10-12-9(7-16-10)11(14)15/h7-8H,2-6H2,1H3,(H,14,15). The Labute approximate surface area is 98.9 Å². The first-order valence-electron chi connectivity index (χ1n) is 5.58. The molecule has 1 unspecified atom stereocenters. The maximum Gasteiger partial charge on any atom is 0.355 e. The molecule has 1 aromatic rings. The fourth-order valence-corrected chi connectivity index (χ4v) is 2.85. The molecule has 2 rings (SSSR count). The molecule has 2 heterocycles. The van der Waals surface area contributed by atoms with Gasteiger partial charge in [-0.1, -0.05) is 0 Å². The van der Waals surface area contributed by atoms with Crippen molar-refractivity contribution in [3.05, 3.63) is 16.1 Å². The summed E-state index contributed by atoms with van der Waals surface area (Å²) in [6, 6.07) is 0.666. The third-order valence-corrected chi connectivity index (χ3v) is 3.98. The molecule has 88 valence electrons. The summed E-state index contributed by atoms with van der Waals surface area (Å²) >= 11 is 1.44. The van der Waals surface area contributed by atoms with Gasteiger partial charge in [0.25, 0.3) is 0 Å². The van der Waals surface area contributed by atoms with E-state index in [9.17, 15) is 4.79 Å². The van der Waals surface area contributed by atoms with Crippen LogP contribution < -0.4 is 0 Å². The molecule has 1 aliphatic heterocycles. The quantitative estimate of drug-likeness (QED) is 0.873. The van der Waals surface area contributed by atoms with Crippen LogP contribution in [0.4, 0.5) is 0 Å². The van der Waals surface area contributed by atoms with E-state index in [0.29, 0.717) is 6.04 Å². The molecule has 1 N–H and O–H groups in total. The van der Waals surface area contributed by atoms with Crippen LogP contribution >= 0.6 is 11.3 Å². The van der Waals surface area contributed by atoms with Crippen molar-refractivity contribution in [1.29, 1.82) is 0 Å². The second-order valence-corrected chi connectivity index (χ2v) is 5.15. The average molecular weight is 240 g/mol. The molecule has 4 nitrogen and oxygen atoms in total. The van der Waals surface area contributed by atoms with Crippen LogP contribution in [0.1, 0.15) is 35.3 Å². The van der Waals surface area contributed by atoms with Gasteiger partial charge in [-0.25, -0.2) is 9.78 Å². The first-order valence-corrected chi connectivity index (χ1v) is 6.46. The van der Waals surface area contributed by atoms with E-state index in [1.54, 1.807) is 5.38 Å². The lowest BCUT2D eigenvalue weighted by Crippen LogP contribution is -2.28. The summed E-state index contributed by atoms with van der Waals surface area (Å²) < 4.78 is 0. The summed E-state index contributed by atoms with van der Waals surface area (Å²) in [7, 11) is 0. The van der Waals surface area contributed by atoms with E-state index < -0.39 is 5.97 Å². The minimum absolute atomic E-state index is 0.175. The van der Waals surface area contributed by atoms with E-state index >= 15 is 0 Å². The minimum atomic E-state index is -0.933. The zero-order valence-electron chi connectivity index (χ0n) is 9.35. The van der Waals surface area contributed by atoms with Crippen molar-refractivity contribution in [2.75, 3.05) is 13.1 Å². The van der Waals surface area contributed by atoms with Gasteiger partial charge in [-0.2, -0.15) is 0 Å². The largest absolute Gasteiger partial charge is 0.476 e. The van der Waals surface area contributed by atoms with Gasteiger partial charge in [0.1, 0.15) is 0 Å². The average Bonchev–Trinajstić information content (AvgIpc) is 2.83. The van der Waals surface area contributed by atoms with Crippen molar-refractivity contribution in [2.24, 2.45) is 0 Å². The molecule has 0 aromatic carbocycles. The molecule has 1 aromatic heterocycles. The van der Waals surface area contributed by atoms with Gasteiger partial charge in [-0.15, -0.1) is 11.3 Å². The van der Waals surface area contributed by atoms with Crippen LogP contribution in [0, 0.1) is 0 Å². The van der Waals surface area contributed by atoms with Crippen LogP contribution in [0.3, 0.4) is 0 Å². The van der Waals surface area contributed by atoms with Gasteiger partial charge in [0, 0.05) is 24.4 Å². The highest BCUT2D eigenvalue weighted by molar-refractivity contribution is 7.09. The number of hydrogen-bond acceptors (Lipinski definition) is 4. The third-order valence-electron chi connectivity index (χ3n) is 3.07. The van der Waals surface area contributed by atoms with E-state index in [1.807, 2.05) is 0 Å². The predicted molar refractivity (Wildman–Crippen MR) is 63.0 cm³/mol. The Kier molecular flexibility index (Phi) is 3.56. The Morgan fingerprint density at radius 3 is 3.12 bits per heavy atom. The first-order chi connectivity index (χ1) is 7.66. The number of likely N-dealkylation sites (tertiary alicyclic amines) is 1. The summed E-state index contributed by atoms with van der Waals surface area (Å²) in [5.41, 5.74) is 0.175. The maximum absolute atomic E-state index is 10.7. The highest BCUT2D eigenvalue weighted by Gasteiger charge is 2.20. The number of carboxylic acids is 1. The molecular formula is C11H16N2O2S. The summed E-state index contributed by atoms with van der Waals surface area (Å²) in [5, 5.41) is 11.3. The Bertz CT molecular complexity index is 378. The van der Waals surface area contributed by atoms with Crippen molar-refractivity contribution >= 4 is 17.3 Å². The molecule has 1 fully saturated rings. The number of thiazole rings is 1. The fraction of sp³-hybridized carbons (Fsp3) is 0.636. The minimum Gasteiger partial charge on any atom is -0.476 e. The zero-order chi connectivity index (χ0) is 11.5. The number of carboxylic acid groups (broad SMARTS) is 1. The van der Waals surface area contributed by atoms with E-state index in [4.69, 9.17) is 5.11 Å². The van der Waals surface area contributed by atoms with Crippen LogP contribution in [-0.4, -0.2) is 40.1 Å². The second-order valence-electron chi connectivity index (χ2n) is 4.21. The molecule has 0 radical (unpaired) electrons. The third kappa shape index (κ3) is 2.59. The molecular weight excluding hydrogens is 224 g/mol. The van der Waals surface area contributed by atoms with Crippen LogP contribution in [0.25, 0.3) is 0 Å². The number of carbonyl (C=O) groups is 1. The maximum atomic E-state index is 10.7. The lowest BCUT2D eigenvalue weighted by molar-refractivity contribution is 0.0691. The van der Waals surface area contributed by atoms with Gasteiger partial charge >= 0.3 is 5.97 Å². The smallest absolute Gasteiger partial charge is 0.355 e. The highest BCUT2D eigenvalue weighted by atomic mass is 32.1. The normalized spacial score (nSPS) is 21.4. The van der Waals surface area contributed by atoms with Crippen molar-refractivity contribution in [1.82, 2.24) is 9.88 Å². The highest BCUT2D eigenvalue weighted by Crippen LogP contribution is 2.18. The van der Waals surface area contributed by atoms with Gasteiger partial charge in [0.15, 0.2) is 5.69 Å². The van der Waals surface area contributed by atoms with Crippen LogP contribution in [0.5, 0.6) is 0 Å². The van der Waals surface area contributed by atoms with Gasteiger partial charge in [0.05, 0.1) is 5.01 Å². The second kappa shape index (κ2) is 4.93. The summed E-state index contributed by atoms with van der Waals surface area (Å²) in [4.78, 5) is 17.2. The number of hydrogen-bond donors (Lipinski definition) is 1. The number of aromatic nitrogens is 1.